The van der Waals surface area contributed by atoms with Gasteiger partial charge in [-0.25, -0.2) is 4.98 Å². The molecule has 0 fully saturated rings. The van der Waals surface area contributed by atoms with E-state index in [4.69, 9.17) is 5.73 Å². The summed E-state index contributed by atoms with van der Waals surface area (Å²) in [6.07, 6.45) is 2.46. The number of nitrogens with two attached hydrogens (primary N) is 1. The van der Waals surface area contributed by atoms with E-state index in [0.717, 1.165) is 12.1 Å². The molecular formula is C13H15N5O2. The Bertz CT molecular complexity index is 603. The molecule has 0 unspecified atom stereocenters. The van der Waals surface area contributed by atoms with E-state index >= 15 is 0 Å². The SMILES string of the molecule is CN(CCc1ccccn1)c1cc([N+](=O)[O-])cc(N)n1. The van der Waals surface area contributed by atoms with E-state index in [1.165, 1.54) is 12.1 Å². The second-order valence-electron chi connectivity index (χ2n) is 4.36. The minimum atomic E-state index is -0.478. The van der Waals surface area contributed by atoms with E-state index < -0.39 is 4.92 Å². The van der Waals surface area contributed by atoms with Crippen LogP contribution in [0.1, 0.15) is 5.69 Å². The summed E-state index contributed by atoms with van der Waals surface area (Å²) < 4.78 is 0. The predicted octanol–water partition coefficient (Wildman–Crippen LogP) is 1.65. The van der Waals surface area contributed by atoms with Gasteiger partial charge >= 0.3 is 0 Å². The Kier molecular flexibility index (Phi) is 4.09. The molecule has 0 radical (unpaired) electrons. The fraction of sp³-hybridized carbons (Fsp3) is 0.231. The van der Waals surface area contributed by atoms with Gasteiger partial charge in [-0.2, -0.15) is 0 Å². The number of anilines is 2. The highest BCUT2D eigenvalue weighted by Crippen LogP contribution is 2.21. The molecular weight excluding hydrogens is 258 g/mol. The fourth-order valence-electron chi connectivity index (χ4n) is 1.77. The Morgan fingerprint density at radius 3 is 2.85 bits per heavy atom. The van der Waals surface area contributed by atoms with Gasteiger partial charge in [-0.15, -0.1) is 0 Å². The van der Waals surface area contributed by atoms with Gasteiger partial charge in [0.15, 0.2) is 0 Å². The van der Waals surface area contributed by atoms with Crippen molar-refractivity contribution in [1.29, 1.82) is 0 Å². The quantitative estimate of drug-likeness (QED) is 0.657. The van der Waals surface area contributed by atoms with Gasteiger partial charge in [-0.05, 0) is 12.1 Å². The van der Waals surface area contributed by atoms with Gasteiger partial charge in [0.2, 0.25) is 0 Å². The van der Waals surface area contributed by atoms with E-state index in [1.54, 1.807) is 6.20 Å². The van der Waals surface area contributed by atoms with Gasteiger partial charge in [0.25, 0.3) is 5.69 Å². The maximum atomic E-state index is 10.8. The Hall–Kier alpha value is -2.70. The Balaban J connectivity index is 2.09. The third-order valence-electron chi connectivity index (χ3n) is 2.85. The highest BCUT2D eigenvalue weighted by atomic mass is 16.6. The monoisotopic (exact) mass is 273 g/mol. The van der Waals surface area contributed by atoms with Crippen LogP contribution in [0.4, 0.5) is 17.3 Å². The number of nitro groups is 1. The molecule has 0 amide bonds. The molecule has 0 aromatic carbocycles. The third-order valence-corrected chi connectivity index (χ3v) is 2.85. The number of likely N-dealkylation sites (N-methyl/N-ethyl adjacent to an activating group) is 1. The Morgan fingerprint density at radius 1 is 1.40 bits per heavy atom. The second kappa shape index (κ2) is 5.96. The molecule has 0 atom stereocenters. The van der Waals surface area contributed by atoms with E-state index in [1.807, 2.05) is 30.1 Å². The first-order valence-electron chi connectivity index (χ1n) is 6.09. The number of pyridine rings is 2. The number of nitrogen functional groups attached to an aromatic ring is 1. The zero-order chi connectivity index (χ0) is 14.5. The van der Waals surface area contributed by atoms with Gasteiger partial charge in [-0.3, -0.25) is 15.1 Å². The van der Waals surface area contributed by atoms with Crippen molar-refractivity contribution in [2.45, 2.75) is 6.42 Å². The van der Waals surface area contributed by atoms with Crippen LogP contribution in [0.5, 0.6) is 0 Å². The van der Waals surface area contributed by atoms with E-state index in [-0.39, 0.29) is 11.5 Å². The lowest BCUT2D eigenvalue weighted by molar-refractivity contribution is -0.384. The molecule has 7 nitrogen and oxygen atoms in total. The van der Waals surface area contributed by atoms with Crippen molar-refractivity contribution in [2.24, 2.45) is 0 Å². The maximum Gasteiger partial charge on any atom is 0.276 e. The van der Waals surface area contributed by atoms with Crippen LogP contribution in [0.15, 0.2) is 36.5 Å². The summed E-state index contributed by atoms with van der Waals surface area (Å²) in [5.41, 5.74) is 6.49. The first kappa shape index (κ1) is 13.7. The fourth-order valence-corrected chi connectivity index (χ4v) is 1.77. The summed E-state index contributed by atoms with van der Waals surface area (Å²) >= 11 is 0. The molecule has 7 heteroatoms. The Morgan fingerprint density at radius 2 is 2.20 bits per heavy atom. The summed E-state index contributed by atoms with van der Waals surface area (Å²) in [5.74, 6) is 0.617. The minimum Gasteiger partial charge on any atom is -0.383 e. The summed E-state index contributed by atoms with van der Waals surface area (Å²) in [5, 5.41) is 10.8. The number of hydrogen-bond donors (Lipinski definition) is 1. The molecule has 0 saturated heterocycles. The normalized spacial score (nSPS) is 10.2. The standard InChI is InChI=1S/C13H15N5O2/c1-17(7-5-10-4-2-3-6-15-10)13-9-11(18(19)20)8-12(14)16-13/h2-4,6,8-9H,5,7H2,1H3,(H2,14,16). The van der Waals surface area contributed by atoms with Crippen LogP contribution in [0, 0.1) is 10.1 Å². The zero-order valence-corrected chi connectivity index (χ0v) is 11.1. The van der Waals surface area contributed by atoms with Crippen molar-refractivity contribution in [2.75, 3.05) is 24.2 Å². The smallest absolute Gasteiger partial charge is 0.276 e. The largest absolute Gasteiger partial charge is 0.383 e. The maximum absolute atomic E-state index is 10.8. The zero-order valence-electron chi connectivity index (χ0n) is 11.1. The lowest BCUT2D eigenvalue weighted by Gasteiger charge is -2.17. The molecule has 2 rings (SSSR count). The first-order valence-corrected chi connectivity index (χ1v) is 6.09. The average Bonchev–Trinajstić information content (AvgIpc) is 2.45. The second-order valence-corrected chi connectivity index (χ2v) is 4.36. The summed E-state index contributed by atoms with van der Waals surface area (Å²) in [6, 6.07) is 8.37. The molecule has 0 spiro atoms. The van der Waals surface area contributed by atoms with Crippen molar-refractivity contribution in [3.05, 3.63) is 52.3 Å². The van der Waals surface area contributed by atoms with E-state index in [0.29, 0.717) is 12.4 Å². The van der Waals surface area contributed by atoms with Crippen LogP contribution >= 0.6 is 0 Å². The number of nitrogens with zero attached hydrogens (tertiary/aromatic N) is 4. The molecule has 2 aromatic rings. The van der Waals surface area contributed by atoms with Crippen LogP contribution in [0.25, 0.3) is 0 Å². The van der Waals surface area contributed by atoms with Crippen molar-refractivity contribution in [3.8, 4) is 0 Å². The van der Waals surface area contributed by atoms with Crippen LogP contribution < -0.4 is 10.6 Å². The highest BCUT2D eigenvalue weighted by Gasteiger charge is 2.12. The van der Waals surface area contributed by atoms with Crippen molar-refractivity contribution < 1.29 is 4.92 Å². The molecule has 0 aliphatic heterocycles. The molecule has 104 valence electrons. The Labute approximate surface area is 116 Å². The lowest BCUT2D eigenvalue weighted by atomic mass is 10.2. The molecule has 2 N–H and O–H groups in total. The topological polar surface area (TPSA) is 98.2 Å². The van der Waals surface area contributed by atoms with Gasteiger partial charge in [0, 0.05) is 31.9 Å². The van der Waals surface area contributed by atoms with E-state index in [9.17, 15) is 10.1 Å². The van der Waals surface area contributed by atoms with Crippen LogP contribution in [-0.2, 0) is 6.42 Å². The summed E-state index contributed by atoms with van der Waals surface area (Å²) in [6.45, 7) is 0.643. The molecule has 2 aromatic heterocycles. The predicted molar refractivity (Wildman–Crippen MR) is 76.5 cm³/mol. The molecule has 0 saturated carbocycles. The van der Waals surface area contributed by atoms with E-state index in [2.05, 4.69) is 9.97 Å². The van der Waals surface area contributed by atoms with Crippen LogP contribution in [0.3, 0.4) is 0 Å². The van der Waals surface area contributed by atoms with Crippen LogP contribution in [-0.4, -0.2) is 28.5 Å². The van der Waals surface area contributed by atoms with Gasteiger partial charge < -0.3 is 10.6 Å². The molecule has 0 aliphatic carbocycles. The van der Waals surface area contributed by atoms with Crippen LogP contribution in [0.2, 0.25) is 0 Å². The van der Waals surface area contributed by atoms with Gasteiger partial charge in [0.1, 0.15) is 11.6 Å². The lowest BCUT2D eigenvalue weighted by Crippen LogP contribution is -2.22. The minimum absolute atomic E-state index is 0.0582. The molecule has 20 heavy (non-hydrogen) atoms. The van der Waals surface area contributed by atoms with Crippen molar-refractivity contribution in [3.63, 3.8) is 0 Å². The van der Waals surface area contributed by atoms with Gasteiger partial charge in [-0.1, -0.05) is 6.07 Å². The average molecular weight is 273 g/mol. The third kappa shape index (κ3) is 3.41. The number of rotatable bonds is 5. The summed E-state index contributed by atoms with van der Waals surface area (Å²) in [4.78, 5) is 20.5. The number of aromatic nitrogens is 2. The highest BCUT2D eigenvalue weighted by molar-refractivity contribution is 5.53. The number of hydrogen-bond acceptors (Lipinski definition) is 6. The molecule has 0 aliphatic rings. The molecule has 0 bridgehead atoms. The summed E-state index contributed by atoms with van der Waals surface area (Å²) in [7, 11) is 1.81. The first-order chi connectivity index (χ1) is 9.56. The molecule has 2 heterocycles. The van der Waals surface area contributed by atoms with Crippen molar-refractivity contribution >= 4 is 17.3 Å². The van der Waals surface area contributed by atoms with Gasteiger partial charge in [0.05, 0.1) is 17.1 Å². The van der Waals surface area contributed by atoms with Crippen molar-refractivity contribution in [1.82, 2.24) is 9.97 Å².